The monoisotopic (exact) mass is 310 g/mol. The van der Waals surface area contributed by atoms with Crippen LogP contribution in [-0.4, -0.2) is 70.6 Å². The van der Waals surface area contributed by atoms with Crippen molar-refractivity contribution >= 4 is 5.78 Å². The molecule has 1 heterocycles. The van der Waals surface area contributed by atoms with Crippen LogP contribution in [0.5, 0.6) is 0 Å². The Labute approximate surface area is 126 Å². The second-order valence-electron chi connectivity index (χ2n) is 4.86. The van der Waals surface area contributed by atoms with Crippen LogP contribution in [0.3, 0.4) is 0 Å². The SMILES string of the molecule is CC(=O)CO.CCC(O)CO.CCC1CO[C@@](C)(CO)O1. The fourth-order valence-electron chi connectivity index (χ4n) is 1.10. The molecule has 1 rings (SSSR count). The maximum Gasteiger partial charge on any atom is 0.189 e. The average Bonchev–Trinajstić information content (AvgIpc) is 2.90. The van der Waals surface area contributed by atoms with Crippen LogP contribution in [0.1, 0.15) is 40.5 Å². The van der Waals surface area contributed by atoms with E-state index in [0.29, 0.717) is 13.0 Å². The molecule has 0 saturated carbocycles. The molecule has 21 heavy (non-hydrogen) atoms. The van der Waals surface area contributed by atoms with Crippen LogP contribution in [-0.2, 0) is 14.3 Å². The predicted octanol–water partition coefficient (Wildman–Crippen LogP) is -0.162. The molecule has 0 spiro atoms. The molecule has 128 valence electrons. The van der Waals surface area contributed by atoms with Gasteiger partial charge in [0.2, 0.25) is 0 Å². The first-order chi connectivity index (χ1) is 9.78. The molecule has 4 N–H and O–H groups in total. The lowest BCUT2D eigenvalue weighted by molar-refractivity contribution is -0.178. The Morgan fingerprint density at radius 2 is 1.86 bits per heavy atom. The van der Waals surface area contributed by atoms with Crippen LogP contribution in [0.15, 0.2) is 0 Å². The molecule has 3 atom stereocenters. The zero-order chi connectivity index (χ0) is 16.9. The van der Waals surface area contributed by atoms with E-state index in [1.54, 1.807) is 6.92 Å². The summed E-state index contributed by atoms with van der Waals surface area (Å²) in [6.07, 6.45) is 1.23. The van der Waals surface area contributed by atoms with Gasteiger partial charge < -0.3 is 29.9 Å². The second-order valence-corrected chi connectivity index (χ2v) is 4.86. The highest BCUT2D eigenvalue weighted by atomic mass is 16.8. The van der Waals surface area contributed by atoms with Crippen LogP contribution in [0, 0.1) is 0 Å². The van der Waals surface area contributed by atoms with E-state index in [1.165, 1.54) is 6.92 Å². The molecule has 7 heteroatoms. The normalized spacial score (nSPS) is 25.2. The van der Waals surface area contributed by atoms with Crippen molar-refractivity contribution in [2.45, 2.75) is 58.5 Å². The number of hydrogen-bond acceptors (Lipinski definition) is 7. The highest BCUT2D eigenvalue weighted by molar-refractivity contribution is 5.76. The van der Waals surface area contributed by atoms with E-state index < -0.39 is 11.9 Å². The molecule has 1 fully saturated rings. The van der Waals surface area contributed by atoms with Gasteiger partial charge in [-0.2, -0.15) is 0 Å². The Kier molecular flexibility index (Phi) is 14.2. The molecule has 1 saturated heterocycles. The van der Waals surface area contributed by atoms with Gasteiger partial charge in [0.15, 0.2) is 11.6 Å². The molecule has 0 radical (unpaired) electrons. The van der Waals surface area contributed by atoms with Crippen molar-refractivity contribution in [3.05, 3.63) is 0 Å². The van der Waals surface area contributed by atoms with Gasteiger partial charge in [0.1, 0.15) is 6.61 Å². The first-order valence-electron chi connectivity index (χ1n) is 7.10. The number of hydrogen-bond donors (Lipinski definition) is 4. The van der Waals surface area contributed by atoms with Crippen LogP contribution in [0.4, 0.5) is 0 Å². The van der Waals surface area contributed by atoms with E-state index in [-0.39, 0.29) is 31.7 Å². The number of carbonyl (C=O) groups is 1. The summed E-state index contributed by atoms with van der Waals surface area (Å²) in [6.45, 7) is 7.04. The van der Waals surface area contributed by atoms with Crippen molar-refractivity contribution in [2.75, 3.05) is 26.4 Å². The minimum Gasteiger partial charge on any atom is -0.394 e. The van der Waals surface area contributed by atoms with Crippen molar-refractivity contribution in [3.8, 4) is 0 Å². The van der Waals surface area contributed by atoms with Gasteiger partial charge in [-0.05, 0) is 26.7 Å². The minimum absolute atomic E-state index is 0.0660. The Hall–Kier alpha value is -0.570. The molecule has 2 unspecified atom stereocenters. The number of carbonyl (C=O) groups excluding carboxylic acids is 1. The maximum atomic E-state index is 9.56. The number of rotatable bonds is 5. The zero-order valence-corrected chi connectivity index (χ0v) is 13.4. The van der Waals surface area contributed by atoms with E-state index in [4.69, 9.17) is 29.9 Å². The topological polar surface area (TPSA) is 116 Å². The predicted molar refractivity (Wildman–Crippen MR) is 77.8 cm³/mol. The summed E-state index contributed by atoms with van der Waals surface area (Å²) < 4.78 is 10.6. The van der Waals surface area contributed by atoms with Gasteiger partial charge in [0, 0.05) is 0 Å². The molecule has 1 aliphatic rings. The summed E-state index contributed by atoms with van der Waals surface area (Å²) in [5.74, 6) is -0.925. The van der Waals surface area contributed by atoms with Gasteiger partial charge in [0.25, 0.3) is 0 Å². The van der Waals surface area contributed by atoms with Crippen molar-refractivity contribution in [1.29, 1.82) is 0 Å². The Morgan fingerprint density at radius 3 is 2.00 bits per heavy atom. The smallest absolute Gasteiger partial charge is 0.189 e. The largest absolute Gasteiger partial charge is 0.394 e. The number of ether oxygens (including phenoxy) is 2. The third kappa shape index (κ3) is 12.9. The molecule has 1 aliphatic heterocycles. The Balaban J connectivity index is 0. The summed E-state index contributed by atoms with van der Waals surface area (Å²) in [5, 5.41) is 33.1. The van der Waals surface area contributed by atoms with Gasteiger partial charge in [-0.15, -0.1) is 0 Å². The van der Waals surface area contributed by atoms with Gasteiger partial charge in [-0.1, -0.05) is 13.8 Å². The van der Waals surface area contributed by atoms with E-state index in [2.05, 4.69) is 0 Å². The van der Waals surface area contributed by atoms with Gasteiger partial charge in [-0.25, -0.2) is 0 Å². The summed E-state index contributed by atoms with van der Waals surface area (Å²) in [6, 6.07) is 0. The van der Waals surface area contributed by atoms with Crippen molar-refractivity contribution in [1.82, 2.24) is 0 Å². The van der Waals surface area contributed by atoms with Crippen molar-refractivity contribution in [2.24, 2.45) is 0 Å². The van der Waals surface area contributed by atoms with Crippen molar-refractivity contribution in [3.63, 3.8) is 0 Å². The van der Waals surface area contributed by atoms with Crippen molar-refractivity contribution < 1.29 is 34.7 Å². The van der Waals surface area contributed by atoms with E-state index in [1.807, 2.05) is 13.8 Å². The lowest BCUT2D eigenvalue weighted by atomic mass is 10.3. The highest BCUT2D eigenvalue weighted by Crippen LogP contribution is 2.23. The molecule has 0 bridgehead atoms. The highest BCUT2D eigenvalue weighted by Gasteiger charge is 2.35. The van der Waals surface area contributed by atoms with E-state index in [9.17, 15) is 4.79 Å². The number of aliphatic hydroxyl groups is 4. The number of ketones is 1. The van der Waals surface area contributed by atoms with Crippen LogP contribution in [0.25, 0.3) is 0 Å². The fraction of sp³-hybridized carbons (Fsp3) is 0.929. The molecular formula is C14H30O7. The second kappa shape index (κ2) is 13.1. The summed E-state index contributed by atoms with van der Waals surface area (Å²) >= 11 is 0. The number of Topliss-reactive ketones (excluding diaryl/α,β-unsaturated/α-hetero) is 1. The van der Waals surface area contributed by atoms with Gasteiger partial charge in [-0.3, -0.25) is 4.79 Å². The summed E-state index contributed by atoms with van der Waals surface area (Å²) in [4.78, 5) is 9.56. The standard InChI is InChI=1S/C7H14O3.C4H10O2.C3H6O2/c1-3-6-4-9-7(2,5-8)10-6;1-2-4(6)3-5;1-3(5)2-4/h6,8H,3-5H2,1-2H3;4-6H,2-3H2,1H3;4H,2H2,1H3/t6?,7-;;/m1../s1. The first-order valence-corrected chi connectivity index (χ1v) is 7.10. The molecular weight excluding hydrogens is 280 g/mol. The summed E-state index contributed by atoms with van der Waals surface area (Å²) in [5.41, 5.74) is 0. The molecule has 0 aromatic heterocycles. The van der Waals surface area contributed by atoms with Crippen LogP contribution < -0.4 is 0 Å². The fourth-order valence-corrected chi connectivity index (χ4v) is 1.10. The van der Waals surface area contributed by atoms with E-state index in [0.717, 1.165) is 6.42 Å². The molecule has 0 aromatic rings. The molecule has 0 aromatic carbocycles. The Morgan fingerprint density at radius 1 is 1.33 bits per heavy atom. The Bertz CT molecular complexity index is 256. The van der Waals surface area contributed by atoms with Crippen LogP contribution >= 0.6 is 0 Å². The molecule has 0 amide bonds. The van der Waals surface area contributed by atoms with Crippen LogP contribution in [0.2, 0.25) is 0 Å². The lowest BCUT2D eigenvalue weighted by Gasteiger charge is -2.19. The lowest BCUT2D eigenvalue weighted by Crippen LogP contribution is -2.30. The molecule has 7 nitrogen and oxygen atoms in total. The first kappa shape index (κ1) is 22.7. The van der Waals surface area contributed by atoms with Gasteiger partial charge >= 0.3 is 0 Å². The average molecular weight is 310 g/mol. The minimum atomic E-state index is -0.735. The quantitative estimate of drug-likeness (QED) is 0.557. The third-order valence-corrected chi connectivity index (χ3v) is 2.64. The zero-order valence-electron chi connectivity index (χ0n) is 13.4. The van der Waals surface area contributed by atoms with Gasteiger partial charge in [0.05, 0.1) is 32.0 Å². The maximum absolute atomic E-state index is 9.56. The molecule has 0 aliphatic carbocycles. The summed E-state index contributed by atoms with van der Waals surface area (Å²) in [7, 11) is 0. The van der Waals surface area contributed by atoms with E-state index >= 15 is 0 Å². The third-order valence-electron chi connectivity index (χ3n) is 2.64. The number of aliphatic hydroxyl groups excluding tert-OH is 4.